The zero-order valence-electron chi connectivity index (χ0n) is 6.83. The molecule has 2 rings (SSSR count). The average Bonchev–Trinajstić information content (AvgIpc) is 2.45. The molecule has 0 bridgehead atoms. The van der Waals surface area contributed by atoms with Crippen molar-refractivity contribution in [2.24, 2.45) is 0 Å². The number of carbonyl (C=O) groups is 1. The molecule has 2 fully saturated rings. The number of thioether (sulfide) groups is 1. The summed E-state index contributed by atoms with van der Waals surface area (Å²) in [6.45, 7) is 0.120. The Labute approximate surface area is 79.3 Å². The summed E-state index contributed by atoms with van der Waals surface area (Å²) in [4.78, 5) is 12.6. The molecule has 2 aliphatic rings. The summed E-state index contributed by atoms with van der Waals surface area (Å²) in [5, 5.41) is 27.8. The van der Waals surface area contributed by atoms with E-state index in [2.05, 4.69) is 0 Å². The van der Waals surface area contributed by atoms with Gasteiger partial charge in [0, 0.05) is 0 Å². The first kappa shape index (κ1) is 9.26. The SMILES string of the molecule is O=C1CS[C@@H]2[C@H](O)[C@H](O)[C@H](O)CN12. The molecule has 0 aliphatic carbocycles. The van der Waals surface area contributed by atoms with Gasteiger partial charge >= 0.3 is 0 Å². The Kier molecular flexibility index (Phi) is 2.23. The summed E-state index contributed by atoms with van der Waals surface area (Å²) in [7, 11) is 0. The lowest BCUT2D eigenvalue weighted by Crippen LogP contribution is -2.59. The first-order valence-corrected chi connectivity index (χ1v) is 5.11. The van der Waals surface area contributed by atoms with E-state index >= 15 is 0 Å². The largest absolute Gasteiger partial charge is 0.388 e. The third-order valence-electron chi connectivity index (χ3n) is 2.43. The van der Waals surface area contributed by atoms with E-state index in [0.29, 0.717) is 5.75 Å². The summed E-state index contributed by atoms with van der Waals surface area (Å²) in [5.74, 6) is 0.237. The molecule has 1 amide bonds. The zero-order chi connectivity index (χ0) is 9.59. The highest BCUT2D eigenvalue weighted by molar-refractivity contribution is 8.01. The van der Waals surface area contributed by atoms with Gasteiger partial charge in [-0.2, -0.15) is 0 Å². The van der Waals surface area contributed by atoms with Crippen molar-refractivity contribution in [3.05, 3.63) is 0 Å². The number of hydrogen-bond acceptors (Lipinski definition) is 5. The number of aliphatic hydroxyl groups excluding tert-OH is 3. The molecule has 2 saturated heterocycles. The van der Waals surface area contributed by atoms with Crippen LogP contribution in [0.4, 0.5) is 0 Å². The minimum Gasteiger partial charge on any atom is -0.388 e. The fraction of sp³-hybridized carbons (Fsp3) is 0.857. The highest BCUT2D eigenvalue weighted by Gasteiger charge is 2.46. The molecule has 2 aliphatic heterocycles. The van der Waals surface area contributed by atoms with Crippen molar-refractivity contribution in [2.75, 3.05) is 12.3 Å². The molecule has 0 aromatic heterocycles. The standard InChI is InChI=1S/C7H11NO4S/c9-3-1-8-4(10)2-13-7(8)6(12)5(3)11/h3,5-7,9,11-12H,1-2H2/t3-,5-,6-,7-/m1/s1. The Morgan fingerprint density at radius 2 is 2.00 bits per heavy atom. The summed E-state index contributed by atoms with van der Waals surface area (Å²) >= 11 is 1.30. The van der Waals surface area contributed by atoms with Crippen LogP contribution in [0.5, 0.6) is 0 Å². The Balaban J connectivity index is 2.18. The normalized spacial score (nSPS) is 45.2. The molecule has 0 aromatic carbocycles. The highest BCUT2D eigenvalue weighted by atomic mass is 32.2. The van der Waals surface area contributed by atoms with Crippen molar-refractivity contribution in [1.82, 2.24) is 4.90 Å². The van der Waals surface area contributed by atoms with E-state index in [0.717, 1.165) is 0 Å². The number of piperidine rings is 1. The molecule has 2 heterocycles. The average molecular weight is 205 g/mol. The van der Waals surface area contributed by atoms with Gasteiger partial charge in [-0.1, -0.05) is 0 Å². The van der Waals surface area contributed by atoms with Gasteiger partial charge in [-0.05, 0) is 0 Å². The molecular weight excluding hydrogens is 194 g/mol. The molecule has 5 nitrogen and oxygen atoms in total. The molecule has 6 heteroatoms. The Morgan fingerprint density at radius 3 is 2.69 bits per heavy atom. The maximum Gasteiger partial charge on any atom is 0.233 e. The monoisotopic (exact) mass is 205 g/mol. The Bertz CT molecular complexity index is 237. The van der Waals surface area contributed by atoms with Crippen molar-refractivity contribution in [1.29, 1.82) is 0 Å². The molecule has 0 unspecified atom stereocenters. The minimum absolute atomic E-state index is 0.0833. The lowest BCUT2D eigenvalue weighted by Gasteiger charge is -2.39. The fourth-order valence-electron chi connectivity index (χ4n) is 1.67. The number of fused-ring (bicyclic) bond motifs is 1. The summed E-state index contributed by atoms with van der Waals surface area (Å²) < 4.78 is 0. The third kappa shape index (κ3) is 1.34. The first-order chi connectivity index (χ1) is 6.11. The zero-order valence-corrected chi connectivity index (χ0v) is 7.65. The van der Waals surface area contributed by atoms with Crippen LogP contribution in [0.3, 0.4) is 0 Å². The van der Waals surface area contributed by atoms with Crippen LogP contribution in [0.25, 0.3) is 0 Å². The first-order valence-electron chi connectivity index (χ1n) is 4.06. The molecule has 0 aromatic rings. The third-order valence-corrected chi connectivity index (χ3v) is 3.71. The van der Waals surface area contributed by atoms with Gasteiger partial charge < -0.3 is 20.2 Å². The van der Waals surface area contributed by atoms with Gasteiger partial charge in [0.1, 0.15) is 23.7 Å². The number of aliphatic hydroxyl groups is 3. The van der Waals surface area contributed by atoms with Crippen LogP contribution < -0.4 is 0 Å². The predicted octanol–water partition coefficient (Wildman–Crippen LogP) is -2.02. The van der Waals surface area contributed by atoms with Gasteiger partial charge in [0.05, 0.1) is 12.3 Å². The van der Waals surface area contributed by atoms with E-state index < -0.39 is 18.3 Å². The van der Waals surface area contributed by atoms with E-state index in [9.17, 15) is 20.1 Å². The minimum atomic E-state index is -1.14. The van der Waals surface area contributed by atoms with Crippen LogP contribution >= 0.6 is 11.8 Å². The number of rotatable bonds is 0. The van der Waals surface area contributed by atoms with E-state index in [1.807, 2.05) is 0 Å². The fourth-order valence-corrected chi connectivity index (χ4v) is 2.89. The maximum atomic E-state index is 11.2. The maximum absolute atomic E-state index is 11.2. The Hall–Kier alpha value is -0.300. The molecule has 74 valence electrons. The second kappa shape index (κ2) is 3.13. The van der Waals surface area contributed by atoms with Crippen LogP contribution in [-0.4, -0.2) is 62.1 Å². The Morgan fingerprint density at radius 1 is 1.31 bits per heavy atom. The topological polar surface area (TPSA) is 81.0 Å². The van der Waals surface area contributed by atoms with E-state index in [1.165, 1.54) is 16.7 Å². The van der Waals surface area contributed by atoms with Gasteiger partial charge in [-0.25, -0.2) is 0 Å². The molecule has 13 heavy (non-hydrogen) atoms. The van der Waals surface area contributed by atoms with Crippen LogP contribution in [0.1, 0.15) is 0 Å². The molecular formula is C7H11NO4S. The predicted molar refractivity (Wildman–Crippen MR) is 46.0 cm³/mol. The van der Waals surface area contributed by atoms with Crippen LogP contribution in [0.15, 0.2) is 0 Å². The highest BCUT2D eigenvalue weighted by Crippen LogP contribution is 2.32. The van der Waals surface area contributed by atoms with Gasteiger partial charge in [0.15, 0.2) is 0 Å². The van der Waals surface area contributed by atoms with Crippen molar-refractivity contribution >= 4 is 17.7 Å². The van der Waals surface area contributed by atoms with Crippen LogP contribution in [0.2, 0.25) is 0 Å². The summed E-state index contributed by atoms with van der Waals surface area (Å²) in [5.41, 5.74) is 0. The molecule has 3 N–H and O–H groups in total. The van der Waals surface area contributed by atoms with E-state index in [4.69, 9.17) is 0 Å². The molecule has 0 saturated carbocycles. The van der Waals surface area contributed by atoms with Crippen molar-refractivity contribution in [3.8, 4) is 0 Å². The van der Waals surface area contributed by atoms with Crippen LogP contribution in [0, 0.1) is 0 Å². The van der Waals surface area contributed by atoms with Gasteiger partial charge in [0.25, 0.3) is 0 Å². The second-order valence-electron chi connectivity index (χ2n) is 3.30. The smallest absolute Gasteiger partial charge is 0.233 e. The number of carbonyl (C=O) groups excluding carboxylic acids is 1. The number of nitrogens with zero attached hydrogens (tertiary/aromatic N) is 1. The lowest BCUT2D eigenvalue weighted by atomic mass is 10.0. The summed E-state index contributed by atoms with van der Waals surface area (Å²) in [6, 6.07) is 0. The van der Waals surface area contributed by atoms with Gasteiger partial charge in [-0.15, -0.1) is 11.8 Å². The molecule has 0 spiro atoms. The molecule has 0 radical (unpaired) electrons. The van der Waals surface area contributed by atoms with Gasteiger partial charge in [-0.3, -0.25) is 4.79 Å². The van der Waals surface area contributed by atoms with Crippen molar-refractivity contribution in [3.63, 3.8) is 0 Å². The number of hydrogen-bond donors (Lipinski definition) is 3. The van der Waals surface area contributed by atoms with Gasteiger partial charge in [0.2, 0.25) is 5.91 Å². The van der Waals surface area contributed by atoms with Crippen molar-refractivity contribution < 1.29 is 20.1 Å². The molecule has 4 atom stereocenters. The number of amides is 1. The van der Waals surface area contributed by atoms with E-state index in [1.54, 1.807) is 0 Å². The lowest BCUT2D eigenvalue weighted by molar-refractivity contribution is -0.147. The quantitative estimate of drug-likeness (QED) is 0.425. The summed E-state index contributed by atoms with van der Waals surface area (Å²) in [6.07, 6.45) is -3.21. The van der Waals surface area contributed by atoms with Crippen LogP contribution in [-0.2, 0) is 4.79 Å². The van der Waals surface area contributed by atoms with E-state index in [-0.39, 0.29) is 17.8 Å². The second-order valence-corrected chi connectivity index (χ2v) is 4.40. The van der Waals surface area contributed by atoms with Crippen molar-refractivity contribution in [2.45, 2.75) is 23.7 Å².